The number of fused-ring (bicyclic) bond motifs is 1. The van der Waals surface area contributed by atoms with E-state index in [1.54, 1.807) is 6.07 Å². The highest BCUT2D eigenvalue weighted by molar-refractivity contribution is 9.10. The summed E-state index contributed by atoms with van der Waals surface area (Å²) in [6.45, 7) is 2.06. The minimum atomic E-state index is -0.319. The minimum absolute atomic E-state index is 0.0265. The van der Waals surface area contributed by atoms with Gasteiger partial charge in [0.25, 0.3) is 0 Å². The fourth-order valence-electron chi connectivity index (χ4n) is 2.55. The van der Waals surface area contributed by atoms with E-state index in [4.69, 9.17) is 11.6 Å². The molecule has 2 aromatic carbocycles. The molecular formula is C16H13BrClFN2. The molecule has 0 spiro atoms. The van der Waals surface area contributed by atoms with E-state index >= 15 is 0 Å². The Balaban J connectivity index is 2.18. The molecular weight excluding hydrogens is 355 g/mol. The Bertz CT molecular complexity index is 783. The van der Waals surface area contributed by atoms with Crippen molar-refractivity contribution in [2.24, 2.45) is 0 Å². The summed E-state index contributed by atoms with van der Waals surface area (Å²) >= 11 is 9.43. The van der Waals surface area contributed by atoms with Crippen molar-refractivity contribution >= 4 is 38.6 Å². The van der Waals surface area contributed by atoms with E-state index in [9.17, 15) is 4.39 Å². The Kier molecular flexibility index (Phi) is 4.00. The molecule has 0 saturated heterocycles. The highest BCUT2D eigenvalue weighted by Crippen LogP contribution is 2.28. The van der Waals surface area contributed by atoms with E-state index in [1.165, 1.54) is 6.07 Å². The van der Waals surface area contributed by atoms with E-state index in [2.05, 4.69) is 27.8 Å². The summed E-state index contributed by atoms with van der Waals surface area (Å²) < 4.78 is 16.9. The average molecular weight is 368 g/mol. The van der Waals surface area contributed by atoms with Crippen LogP contribution in [0.4, 0.5) is 4.39 Å². The zero-order valence-electron chi connectivity index (χ0n) is 11.4. The SMILES string of the molecule is CC(c1ccc(Br)cc1)n1c(CCl)nc2c(F)cccc21. The van der Waals surface area contributed by atoms with Crippen molar-refractivity contribution in [3.8, 4) is 0 Å². The van der Waals surface area contributed by atoms with Crippen LogP contribution in [0.25, 0.3) is 11.0 Å². The molecule has 0 aliphatic carbocycles. The van der Waals surface area contributed by atoms with Gasteiger partial charge in [-0.05, 0) is 36.8 Å². The molecule has 1 aromatic heterocycles. The number of rotatable bonds is 3. The van der Waals surface area contributed by atoms with Crippen LogP contribution in [0.3, 0.4) is 0 Å². The Labute approximate surface area is 135 Å². The first-order chi connectivity index (χ1) is 10.1. The van der Waals surface area contributed by atoms with Crippen molar-refractivity contribution in [2.45, 2.75) is 18.8 Å². The number of nitrogens with zero attached hydrogens (tertiary/aromatic N) is 2. The van der Waals surface area contributed by atoms with Crippen molar-refractivity contribution in [1.29, 1.82) is 0 Å². The van der Waals surface area contributed by atoms with Crippen molar-refractivity contribution < 1.29 is 4.39 Å². The summed E-state index contributed by atoms with van der Waals surface area (Å²) in [5.74, 6) is 0.599. The quantitative estimate of drug-likeness (QED) is 0.575. The van der Waals surface area contributed by atoms with Gasteiger partial charge < -0.3 is 4.57 Å². The van der Waals surface area contributed by atoms with Gasteiger partial charge in [0.15, 0.2) is 5.82 Å². The number of hydrogen-bond donors (Lipinski definition) is 0. The number of aromatic nitrogens is 2. The molecule has 1 atom stereocenters. The van der Waals surface area contributed by atoms with Gasteiger partial charge in [-0.25, -0.2) is 9.37 Å². The number of hydrogen-bond acceptors (Lipinski definition) is 1. The monoisotopic (exact) mass is 366 g/mol. The van der Waals surface area contributed by atoms with E-state index in [1.807, 2.05) is 34.9 Å². The molecule has 0 fully saturated rings. The summed E-state index contributed by atoms with van der Waals surface area (Å²) in [6, 6.07) is 13.1. The zero-order valence-corrected chi connectivity index (χ0v) is 13.7. The number of halogens is 3. The van der Waals surface area contributed by atoms with Crippen LogP contribution >= 0.6 is 27.5 Å². The summed E-state index contributed by atoms with van der Waals surface area (Å²) in [5, 5.41) is 0. The van der Waals surface area contributed by atoms with Gasteiger partial charge >= 0.3 is 0 Å². The van der Waals surface area contributed by atoms with Gasteiger partial charge in [-0.1, -0.05) is 34.1 Å². The minimum Gasteiger partial charge on any atom is -0.320 e. The van der Waals surface area contributed by atoms with E-state index < -0.39 is 0 Å². The van der Waals surface area contributed by atoms with Crippen LogP contribution in [0.5, 0.6) is 0 Å². The first-order valence-corrected chi connectivity index (χ1v) is 7.91. The fraction of sp³-hybridized carbons (Fsp3) is 0.188. The second-order valence-electron chi connectivity index (χ2n) is 4.87. The van der Waals surface area contributed by atoms with Gasteiger partial charge in [0.05, 0.1) is 17.4 Å². The third-order valence-electron chi connectivity index (χ3n) is 3.60. The summed E-state index contributed by atoms with van der Waals surface area (Å²) in [6.07, 6.45) is 0. The second kappa shape index (κ2) is 5.78. The molecule has 3 aromatic rings. The summed E-state index contributed by atoms with van der Waals surface area (Å²) in [5.41, 5.74) is 2.26. The van der Waals surface area contributed by atoms with Gasteiger partial charge in [-0.15, -0.1) is 11.6 Å². The molecule has 2 nitrogen and oxygen atoms in total. The maximum Gasteiger partial charge on any atom is 0.151 e. The van der Waals surface area contributed by atoms with Crippen LogP contribution in [0.1, 0.15) is 24.4 Å². The van der Waals surface area contributed by atoms with E-state index in [0.29, 0.717) is 11.3 Å². The van der Waals surface area contributed by atoms with Crippen LogP contribution in [0, 0.1) is 5.82 Å². The number of alkyl halides is 1. The van der Waals surface area contributed by atoms with Crippen LogP contribution in [-0.2, 0) is 5.88 Å². The standard InChI is InChI=1S/C16H13BrClFN2/c1-10(11-5-7-12(17)8-6-11)21-14-4-2-3-13(19)16(14)20-15(21)9-18/h2-8,10H,9H2,1H3. The van der Waals surface area contributed by atoms with Crippen molar-refractivity contribution in [3.05, 3.63) is 64.1 Å². The van der Waals surface area contributed by atoms with Crippen LogP contribution in [-0.4, -0.2) is 9.55 Å². The zero-order chi connectivity index (χ0) is 15.0. The van der Waals surface area contributed by atoms with Gasteiger partial charge in [0, 0.05) is 4.47 Å². The summed E-state index contributed by atoms with van der Waals surface area (Å²) in [4.78, 5) is 4.34. The number of benzene rings is 2. The van der Waals surface area contributed by atoms with E-state index in [0.717, 1.165) is 15.6 Å². The lowest BCUT2D eigenvalue weighted by atomic mass is 10.1. The smallest absolute Gasteiger partial charge is 0.151 e. The normalized spacial score (nSPS) is 12.8. The predicted molar refractivity (Wildman–Crippen MR) is 87.2 cm³/mol. The van der Waals surface area contributed by atoms with Crippen molar-refractivity contribution in [3.63, 3.8) is 0 Å². The van der Waals surface area contributed by atoms with Gasteiger partial charge in [-0.3, -0.25) is 0 Å². The van der Waals surface area contributed by atoms with E-state index in [-0.39, 0.29) is 17.7 Å². The maximum absolute atomic E-state index is 13.9. The Morgan fingerprint density at radius 3 is 2.62 bits per heavy atom. The molecule has 0 N–H and O–H groups in total. The first kappa shape index (κ1) is 14.5. The number of imidazole rings is 1. The Morgan fingerprint density at radius 2 is 1.95 bits per heavy atom. The van der Waals surface area contributed by atoms with Crippen LogP contribution in [0.2, 0.25) is 0 Å². The van der Waals surface area contributed by atoms with Gasteiger partial charge in [0.1, 0.15) is 11.3 Å². The third-order valence-corrected chi connectivity index (χ3v) is 4.37. The molecule has 0 amide bonds. The largest absolute Gasteiger partial charge is 0.320 e. The average Bonchev–Trinajstić information content (AvgIpc) is 2.87. The Hall–Kier alpha value is -1.39. The molecule has 3 rings (SSSR count). The molecule has 0 bridgehead atoms. The molecule has 5 heteroatoms. The summed E-state index contributed by atoms with van der Waals surface area (Å²) in [7, 11) is 0. The van der Waals surface area contributed by atoms with Crippen LogP contribution < -0.4 is 0 Å². The molecule has 0 aliphatic rings. The van der Waals surface area contributed by atoms with Crippen LogP contribution in [0.15, 0.2) is 46.9 Å². The maximum atomic E-state index is 13.9. The van der Waals surface area contributed by atoms with Crippen molar-refractivity contribution in [2.75, 3.05) is 0 Å². The predicted octanol–water partition coefficient (Wildman–Crippen LogP) is 5.29. The topological polar surface area (TPSA) is 17.8 Å². The molecule has 1 heterocycles. The molecule has 21 heavy (non-hydrogen) atoms. The molecule has 0 saturated carbocycles. The number of para-hydroxylation sites is 1. The molecule has 1 unspecified atom stereocenters. The first-order valence-electron chi connectivity index (χ1n) is 6.58. The third kappa shape index (κ3) is 2.58. The Morgan fingerprint density at radius 1 is 1.24 bits per heavy atom. The highest BCUT2D eigenvalue weighted by atomic mass is 79.9. The van der Waals surface area contributed by atoms with Gasteiger partial charge in [-0.2, -0.15) is 0 Å². The lowest BCUT2D eigenvalue weighted by Crippen LogP contribution is -2.09. The second-order valence-corrected chi connectivity index (χ2v) is 6.05. The highest BCUT2D eigenvalue weighted by Gasteiger charge is 2.18. The van der Waals surface area contributed by atoms with Gasteiger partial charge in [0.2, 0.25) is 0 Å². The lowest BCUT2D eigenvalue weighted by molar-refractivity contribution is 0.633. The van der Waals surface area contributed by atoms with Crippen molar-refractivity contribution in [1.82, 2.24) is 9.55 Å². The fourth-order valence-corrected chi connectivity index (χ4v) is 3.00. The lowest BCUT2D eigenvalue weighted by Gasteiger charge is -2.17. The molecule has 0 aliphatic heterocycles. The molecule has 108 valence electrons. The molecule has 0 radical (unpaired) electrons.